The summed E-state index contributed by atoms with van der Waals surface area (Å²) in [5, 5.41) is 12.8. The highest BCUT2D eigenvalue weighted by atomic mass is 15.5. The van der Waals surface area contributed by atoms with Crippen LogP contribution in [0, 0.1) is 5.92 Å². The molecule has 6 nitrogen and oxygen atoms in total. The van der Waals surface area contributed by atoms with Gasteiger partial charge in [-0.25, -0.2) is 4.68 Å². The molecule has 2 heterocycles. The Hall–Kier alpha value is -1.79. The lowest BCUT2D eigenvalue weighted by atomic mass is 10.0. The van der Waals surface area contributed by atoms with Crippen LogP contribution in [0.15, 0.2) is 30.3 Å². The van der Waals surface area contributed by atoms with E-state index >= 15 is 0 Å². The van der Waals surface area contributed by atoms with Gasteiger partial charge in [-0.15, -0.1) is 5.10 Å². The number of aryl methyl sites for hydroxylation is 2. The minimum atomic E-state index is 0.402. The number of tetrazole rings is 1. The molecular formula is C19H32N6+2. The fourth-order valence-corrected chi connectivity index (χ4v) is 3.77. The van der Waals surface area contributed by atoms with Gasteiger partial charge in [-0.1, -0.05) is 44.2 Å². The summed E-state index contributed by atoms with van der Waals surface area (Å²) in [6, 6.07) is 11.0. The third-order valence-electron chi connectivity index (χ3n) is 5.27. The second kappa shape index (κ2) is 8.54. The molecule has 0 saturated carbocycles. The molecule has 3 rings (SSSR count). The molecule has 0 unspecified atom stereocenters. The number of nitrogens with one attached hydrogen (secondary N) is 2. The lowest BCUT2D eigenvalue weighted by Crippen LogP contribution is -3.27. The number of nitrogens with zero attached hydrogens (tertiary/aromatic N) is 4. The van der Waals surface area contributed by atoms with Crippen LogP contribution in [-0.4, -0.2) is 53.4 Å². The highest BCUT2D eigenvalue weighted by molar-refractivity contribution is 5.14. The molecule has 1 aromatic carbocycles. The molecule has 0 bridgehead atoms. The van der Waals surface area contributed by atoms with E-state index in [1.165, 1.54) is 31.7 Å². The van der Waals surface area contributed by atoms with Crippen LogP contribution in [0.4, 0.5) is 0 Å². The molecule has 1 aliphatic heterocycles. The zero-order chi connectivity index (χ0) is 17.6. The topological polar surface area (TPSA) is 52.5 Å². The highest BCUT2D eigenvalue weighted by Gasteiger charge is 2.33. The van der Waals surface area contributed by atoms with E-state index in [0.29, 0.717) is 12.0 Å². The molecule has 6 heteroatoms. The van der Waals surface area contributed by atoms with Crippen LogP contribution in [0.2, 0.25) is 0 Å². The monoisotopic (exact) mass is 344 g/mol. The van der Waals surface area contributed by atoms with Crippen molar-refractivity contribution in [1.29, 1.82) is 0 Å². The summed E-state index contributed by atoms with van der Waals surface area (Å²) in [4.78, 5) is 3.28. The molecule has 1 aliphatic rings. The van der Waals surface area contributed by atoms with Crippen molar-refractivity contribution >= 4 is 0 Å². The van der Waals surface area contributed by atoms with E-state index in [2.05, 4.69) is 66.8 Å². The molecule has 1 aromatic heterocycles. The number of benzene rings is 1. The van der Waals surface area contributed by atoms with Crippen LogP contribution in [0.3, 0.4) is 0 Å². The molecule has 0 aliphatic carbocycles. The van der Waals surface area contributed by atoms with E-state index < -0.39 is 0 Å². The summed E-state index contributed by atoms with van der Waals surface area (Å²) < 4.78 is 2.04. The first-order valence-electron chi connectivity index (χ1n) is 9.59. The molecule has 136 valence electrons. The maximum absolute atomic E-state index is 4.45. The number of likely N-dealkylation sites (N-methyl/N-ethyl adjacent to an activating group) is 1. The molecule has 0 radical (unpaired) electrons. The maximum atomic E-state index is 4.45. The van der Waals surface area contributed by atoms with E-state index in [1.54, 1.807) is 9.80 Å². The van der Waals surface area contributed by atoms with Gasteiger partial charge < -0.3 is 9.80 Å². The summed E-state index contributed by atoms with van der Waals surface area (Å²) in [6.07, 6.45) is 2.11. The minimum Gasteiger partial charge on any atom is -0.328 e. The van der Waals surface area contributed by atoms with Gasteiger partial charge in [0.2, 0.25) is 5.82 Å². The fourth-order valence-electron chi connectivity index (χ4n) is 3.77. The van der Waals surface area contributed by atoms with Crippen LogP contribution < -0.4 is 9.80 Å². The van der Waals surface area contributed by atoms with Gasteiger partial charge in [0.1, 0.15) is 26.2 Å². The molecule has 2 aromatic rings. The van der Waals surface area contributed by atoms with Crippen molar-refractivity contribution in [3.8, 4) is 0 Å². The Morgan fingerprint density at radius 1 is 1.08 bits per heavy atom. The number of piperazine rings is 1. The number of aromatic nitrogens is 4. The van der Waals surface area contributed by atoms with Crippen LogP contribution in [0.1, 0.15) is 37.7 Å². The smallest absolute Gasteiger partial charge is 0.209 e. The quantitative estimate of drug-likeness (QED) is 0.706. The molecular weight excluding hydrogens is 312 g/mol. The average Bonchev–Trinajstić information content (AvgIpc) is 3.08. The second-order valence-electron chi connectivity index (χ2n) is 7.79. The third kappa shape index (κ3) is 4.86. The first-order chi connectivity index (χ1) is 12.1. The first kappa shape index (κ1) is 18.0. The molecule has 1 saturated heterocycles. The SMILES string of the molecule is CC(C)C[C@@H](c1nnnn1CCc1ccccc1)[NH+]1CC[NH+](C)CC1. The Bertz CT molecular complexity index is 630. The van der Waals surface area contributed by atoms with Gasteiger partial charge in [0.15, 0.2) is 6.04 Å². The number of quaternary nitrogens is 2. The van der Waals surface area contributed by atoms with Crippen molar-refractivity contribution in [2.45, 2.75) is 39.3 Å². The Morgan fingerprint density at radius 3 is 2.48 bits per heavy atom. The van der Waals surface area contributed by atoms with Crippen molar-refractivity contribution in [1.82, 2.24) is 20.2 Å². The zero-order valence-corrected chi connectivity index (χ0v) is 15.8. The van der Waals surface area contributed by atoms with Crippen LogP contribution in [0.5, 0.6) is 0 Å². The van der Waals surface area contributed by atoms with Gasteiger partial charge in [0, 0.05) is 13.0 Å². The molecule has 1 fully saturated rings. The number of rotatable bonds is 7. The van der Waals surface area contributed by atoms with E-state index in [4.69, 9.17) is 0 Å². The Balaban J connectivity index is 1.73. The highest BCUT2D eigenvalue weighted by Crippen LogP contribution is 2.16. The fraction of sp³-hybridized carbons (Fsp3) is 0.632. The van der Waals surface area contributed by atoms with Crippen molar-refractivity contribution < 1.29 is 9.80 Å². The summed E-state index contributed by atoms with van der Waals surface area (Å²) in [5.74, 6) is 1.71. The lowest BCUT2D eigenvalue weighted by molar-refractivity contribution is -1.02. The van der Waals surface area contributed by atoms with E-state index in [1.807, 2.05) is 4.68 Å². The molecule has 1 atom stereocenters. The van der Waals surface area contributed by atoms with Crippen molar-refractivity contribution in [2.75, 3.05) is 33.2 Å². The lowest BCUT2D eigenvalue weighted by Gasteiger charge is -2.33. The van der Waals surface area contributed by atoms with Gasteiger partial charge in [0.25, 0.3) is 0 Å². The predicted octanol–water partition coefficient (Wildman–Crippen LogP) is -0.584. The van der Waals surface area contributed by atoms with Gasteiger partial charge in [-0.05, 0) is 28.3 Å². The standard InChI is InChI=1S/C19H30N6/c1-16(2)15-18(24-13-11-23(3)12-14-24)19-20-21-22-25(19)10-9-17-7-5-4-6-8-17/h4-8,16,18H,9-15H2,1-3H3/p+2/t18-/m0/s1. The average molecular weight is 345 g/mol. The number of hydrogen-bond acceptors (Lipinski definition) is 3. The summed E-state index contributed by atoms with van der Waals surface area (Å²) in [5.41, 5.74) is 1.33. The van der Waals surface area contributed by atoms with E-state index in [9.17, 15) is 0 Å². The van der Waals surface area contributed by atoms with Gasteiger partial charge in [0.05, 0.1) is 7.05 Å². The van der Waals surface area contributed by atoms with Gasteiger partial charge in [-0.2, -0.15) is 0 Å². The van der Waals surface area contributed by atoms with Gasteiger partial charge in [-0.3, -0.25) is 0 Å². The summed E-state index contributed by atoms with van der Waals surface area (Å²) in [6.45, 7) is 10.3. The molecule has 0 amide bonds. The predicted molar refractivity (Wildman–Crippen MR) is 97.5 cm³/mol. The van der Waals surface area contributed by atoms with Crippen LogP contribution in [-0.2, 0) is 13.0 Å². The normalized spacial score (nSPS) is 22.2. The van der Waals surface area contributed by atoms with E-state index in [-0.39, 0.29) is 0 Å². The second-order valence-corrected chi connectivity index (χ2v) is 7.79. The van der Waals surface area contributed by atoms with Crippen molar-refractivity contribution in [3.05, 3.63) is 41.7 Å². The zero-order valence-electron chi connectivity index (χ0n) is 15.8. The molecule has 25 heavy (non-hydrogen) atoms. The Labute approximate surface area is 150 Å². The third-order valence-corrected chi connectivity index (χ3v) is 5.27. The maximum Gasteiger partial charge on any atom is 0.209 e. The summed E-state index contributed by atoms with van der Waals surface area (Å²) >= 11 is 0. The molecule has 0 spiro atoms. The summed E-state index contributed by atoms with van der Waals surface area (Å²) in [7, 11) is 2.29. The largest absolute Gasteiger partial charge is 0.328 e. The van der Waals surface area contributed by atoms with Gasteiger partial charge >= 0.3 is 0 Å². The molecule has 2 N–H and O–H groups in total. The van der Waals surface area contributed by atoms with Crippen molar-refractivity contribution in [2.24, 2.45) is 5.92 Å². The van der Waals surface area contributed by atoms with Crippen molar-refractivity contribution in [3.63, 3.8) is 0 Å². The van der Waals surface area contributed by atoms with Crippen LogP contribution in [0.25, 0.3) is 0 Å². The van der Waals surface area contributed by atoms with Crippen LogP contribution >= 0.6 is 0 Å². The van der Waals surface area contributed by atoms with E-state index in [0.717, 1.165) is 25.2 Å². The minimum absolute atomic E-state index is 0.402. The Morgan fingerprint density at radius 2 is 1.80 bits per heavy atom. The number of hydrogen-bond donors (Lipinski definition) is 2. The Kier molecular flexibility index (Phi) is 6.15. The first-order valence-corrected chi connectivity index (χ1v) is 9.59.